The zero-order valence-electron chi connectivity index (χ0n) is 19.1. The third kappa shape index (κ3) is 4.07. The van der Waals surface area contributed by atoms with E-state index in [2.05, 4.69) is 26.9 Å². The van der Waals surface area contributed by atoms with Crippen LogP contribution in [0.1, 0.15) is 11.1 Å². The molecule has 1 heterocycles. The van der Waals surface area contributed by atoms with Gasteiger partial charge in [0.15, 0.2) is 11.5 Å². The van der Waals surface area contributed by atoms with Gasteiger partial charge in [0, 0.05) is 34.1 Å². The zero-order valence-corrected chi connectivity index (χ0v) is 19.1. The molecule has 3 aromatic rings. The first-order valence-corrected chi connectivity index (χ1v) is 10.4. The fourth-order valence-electron chi connectivity index (χ4n) is 3.78. The van der Waals surface area contributed by atoms with Crippen molar-refractivity contribution in [3.63, 3.8) is 0 Å². The summed E-state index contributed by atoms with van der Waals surface area (Å²) in [6.45, 7) is 1.39. The second-order valence-corrected chi connectivity index (χ2v) is 7.75. The van der Waals surface area contributed by atoms with Gasteiger partial charge < -0.3 is 28.9 Å². The van der Waals surface area contributed by atoms with E-state index in [4.69, 9.17) is 31.9 Å². The molecule has 0 bridgehead atoms. The van der Waals surface area contributed by atoms with Crippen LogP contribution in [0.2, 0.25) is 0 Å². The van der Waals surface area contributed by atoms with Gasteiger partial charge in [-0.05, 0) is 56.3 Å². The van der Waals surface area contributed by atoms with Gasteiger partial charge >= 0.3 is 0 Å². The average Bonchev–Trinajstić information content (AvgIpc) is 3.33. The molecular weight excluding hydrogens is 418 g/mol. The number of ether oxygens (including phenoxy) is 3. The summed E-state index contributed by atoms with van der Waals surface area (Å²) in [7, 11) is 7.21. The Bertz CT molecular complexity index is 1290. The van der Waals surface area contributed by atoms with Crippen molar-refractivity contribution in [2.24, 2.45) is 5.16 Å². The first-order chi connectivity index (χ1) is 16.0. The highest BCUT2D eigenvalue weighted by Crippen LogP contribution is 2.46. The number of hydrogen-bond acceptors (Lipinski definition) is 6. The third-order valence-electron chi connectivity index (χ3n) is 5.41. The fourth-order valence-corrected chi connectivity index (χ4v) is 3.78. The van der Waals surface area contributed by atoms with Gasteiger partial charge in [-0.15, -0.1) is 12.8 Å². The molecule has 7 nitrogen and oxygen atoms in total. The highest BCUT2D eigenvalue weighted by atomic mass is 16.6. The van der Waals surface area contributed by atoms with Crippen LogP contribution in [0, 0.1) is 24.7 Å². The number of benzene rings is 2. The van der Waals surface area contributed by atoms with Gasteiger partial charge in [0.05, 0.1) is 19.9 Å². The Balaban J connectivity index is 1.86. The number of oxime groups is 1. The number of rotatable bonds is 8. The molecular formula is C26H25N3O4. The minimum Gasteiger partial charge on any atom is -0.493 e. The van der Waals surface area contributed by atoms with Gasteiger partial charge in [0.1, 0.15) is 18.1 Å². The molecule has 168 valence electrons. The molecule has 1 aliphatic carbocycles. The summed E-state index contributed by atoms with van der Waals surface area (Å²) in [6.07, 6.45) is 10.0. The number of aromatic nitrogens is 1. The number of H-pyrrole nitrogens is 1. The molecule has 0 radical (unpaired) electrons. The third-order valence-corrected chi connectivity index (χ3v) is 5.41. The largest absolute Gasteiger partial charge is 0.493 e. The summed E-state index contributed by atoms with van der Waals surface area (Å²) < 4.78 is 17.0. The van der Waals surface area contributed by atoms with Crippen molar-refractivity contribution in [2.45, 2.75) is 6.10 Å². The molecule has 7 heteroatoms. The Morgan fingerprint density at radius 1 is 1.03 bits per heavy atom. The molecule has 0 saturated heterocycles. The van der Waals surface area contributed by atoms with E-state index in [9.17, 15) is 0 Å². The van der Waals surface area contributed by atoms with Gasteiger partial charge in [-0.2, -0.15) is 0 Å². The number of nitrogens with zero attached hydrogens (tertiary/aromatic N) is 2. The standard InChI is InChI=1S/C26H25N3O4/c1-7-16(8-2)33-28-26-19-15-23(31-6)22(30-5)14-18(19)25-24(26)20-13-17(9-10-21(20)27-25)32-12-11-29(3)4/h1-2,9-10,13-16,27H,11-12H2,3-6H3/b28-26-. The predicted octanol–water partition coefficient (Wildman–Crippen LogP) is 3.51. The van der Waals surface area contributed by atoms with E-state index in [0.717, 1.165) is 45.6 Å². The van der Waals surface area contributed by atoms with E-state index in [0.29, 0.717) is 23.8 Å². The molecule has 1 aliphatic rings. The van der Waals surface area contributed by atoms with Crippen molar-refractivity contribution >= 4 is 16.6 Å². The Kier molecular flexibility index (Phi) is 6.17. The molecule has 0 spiro atoms. The fraction of sp³-hybridized carbons (Fsp3) is 0.269. The molecule has 4 rings (SSSR count). The maximum absolute atomic E-state index is 5.95. The van der Waals surface area contributed by atoms with Crippen LogP contribution in [0.15, 0.2) is 35.5 Å². The number of fused-ring (bicyclic) bond motifs is 5. The quantitative estimate of drug-likeness (QED) is 0.333. The SMILES string of the molecule is C#CC(C#C)O/N=C1/c2cc(OC)c(OC)cc2-c2[nH]c3ccc(OCCN(C)C)cc3c21. The summed E-state index contributed by atoms with van der Waals surface area (Å²) >= 11 is 0. The number of methoxy groups -OCH3 is 2. The lowest BCUT2D eigenvalue weighted by Crippen LogP contribution is -2.19. The number of nitrogens with one attached hydrogen (secondary N) is 1. The Morgan fingerprint density at radius 3 is 2.36 bits per heavy atom. The molecule has 0 fully saturated rings. The zero-order chi connectivity index (χ0) is 23.5. The predicted molar refractivity (Wildman–Crippen MR) is 129 cm³/mol. The van der Waals surface area contributed by atoms with E-state index in [1.807, 2.05) is 44.4 Å². The lowest BCUT2D eigenvalue weighted by atomic mass is 10.1. The lowest BCUT2D eigenvalue weighted by molar-refractivity contribution is 0.137. The van der Waals surface area contributed by atoms with Crippen LogP contribution in [-0.2, 0) is 4.84 Å². The maximum atomic E-state index is 5.95. The van der Waals surface area contributed by atoms with Crippen LogP contribution in [0.4, 0.5) is 0 Å². The molecule has 0 atom stereocenters. The number of hydrogen-bond donors (Lipinski definition) is 1. The molecule has 0 amide bonds. The number of terminal acetylenes is 2. The van der Waals surface area contributed by atoms with Crippen molar-refractivity contribution in [1.82, 2.24) is 9.88 Å². The van der Waals surface area contributed by atoms with Crippen LogP contribution < -0.4 is 14.2 Å². The molecule has 1 N–H and O–H groups in total. The summed E-state index contributed by atoms with van der Waals surface area (Å²) in [6, 6.07) is 9.71. The average molecular weight is 444 g/mol. The highest BCUT2D eigenvalue weighted by Gasteiger charge is 2.32. The maximum Gasteiger partial charge on any atom is 0.247 e. The van der Waals surface area contributed by atoms with E-state index in [-0.39, 0.29) is 0 Å². The highest BCUT2D eigenvalue weighted by molar-refractivity contribution is 6.30. The summed E-state index contributed by atoms with van der Waals surface area (Å²) in [5.41, 5.74) is 5.05. The van der Waals surface area contributed by atoms with Crippen molar-refractivity contribution in [2.75, 3.05) is 41.5 Å². The van der Waals surface area contributed by atoms with Gasteiger partial charge in [-0.1, -0.05) is 5.16 Å². The van der Waals surface area contributed by atoms with Crippen molar-refractivity contribution < 1.29 is 19.0 Å². The van der Waals surface area contributed by atoms with E-state index >= 15 is 0 Å². The first kappa shape index (κ1) is 22.1. The van der Waals surface area contributed by atoms with Gasteiger partial charge in [0.25, 0.3) is 0 Å². The lowest BCUT2D eigenvalue weighted by Gasteiger charge is -2.12. The Labute approximate surface area is 193 Å². The Morgan fingerprint density at radius 2 is 1.73 bits per heavy atom. The number of likely N-dealkylation sites (N-methyl/N-ethyl adjacent to an activating group) is 1. The molecule has 0 aliphatic heterocycles. The van der Waals surface area contributed by atoms with Crippen LogP contribution in [0.5, 0.6) is 17.2 Å². The molecule has 1 aromatic heterocycles. The minimum atomic E-state index is -0.875. The second kappa shape index (κ2) is 9.20. The summed E-state index contributed by atoms with van der Waals surface area (Å²) in [5, 5.41) is 5.33. The summed E-state index contributed by atoms with van der Waals surface area (Å²) in [5.74, 6) is 6.75. The molecule has 0 unspecified atom stereocenters. The summed E-state index contributed by atoms with van der Waals surface area (Å²) in [4.78, 5) is 11.1. The van der Waals surface area contributed by atoms with Gasteiger partial charge in [-0.3, -0.25) is 0 Å². The van der Waals surface area contributed by atoms with Crippen LogP contribution in [-0.4, -0.2) is 63.2 Å². The van der Waals surface area contributed by atoms with E-state index < -0.39 is 6.10 Å². The van der Waals surface area contributed by atoms with E-state index in [1.54, 1.807) is 14.2 Å². The monoisotopic (exact) mass is 443 g/mol. The van der Waals surface area contributed by atoms with Gasteiger partial charge in [-0.25, -0.2) is 0 Å². The number of aromatic amines is 1. The van der Waals surface area contributed by atoms with Crippen molar-refractivity contribution in [3.05, 3.63) is 41.5 Å². The van der Waals surface area contributed by atoms with Crippen LogP contribution >= 0.6 is 0 Å². The molecule has 33 heavy (non-hydrogen) atoms. The van der Waals surface area contributed by atoms with Gasteiger partial charge in [0.2, 0.25) is 6.10 Å². The topological polar surface area (TPSA) is 68.3 Å². The van der Waals surface area contributed by atoms with E-state index in [1.165, 1.54) is 0 Å². The Hall–Kier alpha value is -4.07. The second-order valence-electron chi connectivity index (χ2n) is 7.75. The normalized spacial score (nSPS) is 13.0. The van der Waals surface area contributed by atoms with Crippen LogP contribution in [0.25, 0.3) is 22.2 Å². The van der Waals surface area contributed by atoms with Crippen LogP contribution in [0.3, 0.4) is 0 Å². The first-order valence-electron chi connectivity index (χ1n) is 10.4. The smallest absolute Gasteiger partial charge is 0.247 e. The molecule has 0 saturated carbocycles. The minimum absolute atomic E-state index is 0.579. The molecule has 2 aromatic carbocycles. The van der Waals surface area contributed by atoms with Crippen molar-refractivity contribution in [3.8, 4) is 53.2 Å². The van der Waals surface area contributed by atoms with Crippen molar-refractivity contribution in [1.29, 1.82) is 0 Å².